The number of rotatable bonds is 2. The molecule has 0 aliphatic carbocycles. The van der Waals surface area contributed by atoms with Crippen molar-refractivity contribution in [1.82, 2.24) is 0 Å². The first-order chi connectivity index (χ1) is 7.04. The van der Waals surface area contributed by atoms with Gasteiger partial charge in [-0.25, -0.2) is 0 Å². The molecule has 4 heteroatoms. The molecular weight excluding hydrogens is 206 g/mol. The summed E-state index contributed by atoms with van der Waals surface area (Å²) in [5.41, 5.74) is 5.81. The Morgan fingerprint density at radius 2 is 1.87 bits per heavy atom. The van der Waals surface area contributed by atoms with Crippen LogP contribution in [0, 0.1) is 22.7 Å². The fourth-order valence-corrected chi connectivity index (χ4v) is 1.30. The molecule has 0 saturated heterocycles. The molecule has 3 nitrogen and oxygen atoms in total. The summed E-state index contributed by atoms with van der Waals surface area (Å²) in [6.45, 7) is 1.66. The van der Waals surface area contributed by atoms with E-state index in [9.17, 15) is 0 Å². The third-order valence-electron chi connectivity index (χ3n) is 2.31. The van der Waals surface area contributed by atoms with Gasteiger partial charge >= 0.3 is 0 Å². The minimum Gasteiger partial charge on any atom is -0.392 e. The predicted octanol–water partition coefficient (Wildman–Crippen LogP) is 1.63. The molecular formula is C11H9N3S. The molecule has 74 valence electrons. The van der Waals surface area contributed by atoms with Crippen LogP contribution in [0.4, 0.5) is 0 Å². The van der Waals surface area contributed by atoms with Crippen molar-refractivity contribution in [2.24, 2.45) is 5.73 Å². The van der Waals surface area contributed by atoms with Crippen LogP contribution in [0.5, 0.6) is 0 Å². The molecule has 0 saturated carbocycles. The number of benzene rings is 1. The van der Waals surface area contributed by atoms with E-state index in [4.69, 9.17) is 28.5 Å². The number of nitrogens with zero attached hydrogens (tertiary/aromatic N) is 2. The molecule has 0 bridgehead atoms. The van der Waals surface area contributed by atoms with Crippen molar-refractivity contribution in [2.75, 3.05) is 0 Å². The van der Waals surface area contributed by atoms with Crippen molar-refractivity contribution >= 4 is 17.2 Å². The first-order valence-electron chi connectivity index (χ1n) is 4.26. The summed E-state index contributed by atoms with van der Waals surface area (Å²) in [4.78, 5) is 0.134. The van der Waals surface area contributed by atoms with Gasteiger partial charge in [-0.15, -0.1) is 0 Å². The fraction of sp³-hybridized carbons (Fsp3) is 0.182. The van der Waals surface area contributed by atoms with E-state index in [1.807, 2.05) is 6.07 Å². The lowest BCUT2D eigenvalue weighted by atomic mass is 9.84. The van der Waals surface area contributed by atoms with Crippen molar-refractivity contribution < 1.29 is 0 Å². The van der Waals surface area contributed by atoms with Crippen LogP contribution in [0.3, 0.4) is 0 Å². The summed E-state index contributed by atoms with van der Waals surface area (Å²) in [5.74, 6) is 0. The first kappa shape index (κ1) is 11.2. The zero-order chi connectivity index (χ0) is 11.5. The van der Waals surface area contributed by atoms with Crippen LogP contribution in [0.15, 0.2) is 24.3 Å². The molecule has 0 spiro atoms. The topological polar surface area (TPSA) is 73.6 Å². The maximum Gasteiger partial charge on any atom is 0.129 e. The van der Waals surface area contributed by atoms with E-state index in [1.54, 1.807) is 31.2 Å². The van der Waals surface area contributed by atoms with Gasteiger partial charge in [-0.05, 0) is 24.6 Å². The number of nitrogens with two attached hydrogens (primary N) is 1. The highest BCUT2D eigenvalue weighted by Crippen LogP contribution is 2.23. The van der Waals surface area contributed by atoms with Gasteiger partial charge in [0.2, 0.25) is 0 Å². The van der Waals surface area contributed by atoms with Crippen LogP contribution in [0.25, 0.3) is 0 Å². The lowest BCUT2D eigenvalue weighted by Crippen LogP contribution is -2.35. The Hall–Kier alpha value is -1.91. The monoisotopic (exact) mass is 215 g/mol. The second-order valence-corrected chi connectivity index (χ2v) is 3.73. The maximum absolute atomic E-state index is 9.05. The van der Waals surface area contributed by atoms with Crippen molar-refractivity contribution in [3.05, 3.63) is 35.4 Å². The normalized spacial score (nSPS) is 13.3. The third kappa shape index (κ3) is 1.96. The zero-order valence-corrected chi connectivity index (χ0v) is 9.01. The second kappa shape index (κ2) is 4.08. The summed E-state index contributed by atoms with van der Waals surface area (Å²) < 4.78 is 0. The van der Waals surface area contributed by atoms with Gasteiger partial charge in [0.05, 0.1) is 22.7 Å². The van der Waals surface area contributed by atoms with Gasteiger partial charge < -0.3 is 5.73 Å². The lowest BCUT2D eigenvalue weighted by molar-refractivity contribution is 0.830. The van der Waals surface area contributed by atoms with Crippen LogP contribution in [0.1, 0.15) is 18.1 Å². The number of hydrogen-bond donors (Lipinski definition) is 1. The Morgan fingerprint density at radius 3 is 2.20 bits per heavy atom. The molecule has 0 aliphatic heterocycles. The van der Waals surface area contributed by atoms with E-state index in [2.05, 4.69) is 6.07 Å². The van der Waals surface area contributed by atoms with E-state index in [1.165, 1.54) is 0 Å². The zero-order valence-electron chi connectivity index (χ0n) is 8.19. The van der Waals surface area contributed by atoms with Gasteiger partial charge in [0.1, 0.15) is 5.41 Å². The van der Waals surface area contributed by atoms with E-state index in [0.29, 0.717) is 11.1 Å². The van der Waals surface area contributed by atoms with Crippen molar-refractivity contribution in [1.29, 1.82) is 10.5 Å². The van der Waals surface area contributed by atoms with Crippen LogP contribution in [-0.4, -0.2) is 4.99 Å². The molecule has 0 fully saturated rings. The van der Waals surface area contributed by atoms with Crippen molar-refractivity contribution in [3.63, 3.8) is 0 Å². The average molecular weight is 215 g/mol. The molecule has 1 rings (SSSR count). The summed E-state index contributed by atoms with van der Waals surface area (Å²) in [5, 5.41) is 17.7. The largest absolute Gasteiger partial charge is 0.392 e. The minimum atomic E-state index is -0.969. The van der Waals surface area contributed by atoms with Gasteiger partial charge in [0, 0.05) is 0 Å². The Bertz CT molecular complexity index is 464. The van der Waals surface area contributed by atoms with Crippen molar-refractivity contribution in [3.8, 4) is 12.1 Å². The lowest BCUT2D eigenvalue weighted by Gasteiger charge is -2.20. The van der Waals surface area contributed by atoms with Gasteiger partial charge in [-0.2, -0.15) is 10.5 Å². The molecule has 2 N–H and O–H groups in total. The standard InChI is InChI=1S/C11H9N3S/c1-11(7-13,10(14)15)9-4-2-8(6-12)3-5-9/h2-5H,1H3,(H2,14,15). The molecule has 0 amide bonds. The molecule has 0 aliphatic rings. The Balaban J connectivity index is 3.23. The van der Waals surface area contributed by atoms with E-state index >= 15 is 0 Å². The van der Waals surface area contributed by atoms with Gasteiger partial charge in [0.25, 0.3) is 0 Å². The molecule has 1 aromatic carbocycles. The molecule has 1 unspecified atom stereocenters. The molecule has 0 radical (unpaired) electrons. The molecule has 1 aromatic rings. The van der Waals surface area contributed by atoms with Gasteiger partial charge in [-0.1, -0.05) is 24.4 Å². The highest BCUT2D eigenvalue weighted by molar-refractivity contribution is 7.80. The minimum absolute atomic E-state index is 0.134. The van der Waals surface area contributed by atoms with Crippen LogP contribution >= 0.6 is 12.2 Å². The number of hydrogen-bond acceptors (Lipinski definition) is 3. The first-order valence-corrected chi connectivity index (χ1v) is 4.67. The summed E-state index contributed by atoms with van der Waals surface area (Å²) in [7, 11) is 0. The smallest absolute Gasteiger partial charge is 0.129 e. The predicted molar refractivity (Wildman–Crippen MR) is 60.9 cm³/mol. The van der Waals surface area contributed by atoms with E-state index in [-0.39, 0.29) is 4.99 Å². The average Bonchev–Trinajstić information content (AvgIpc) is 2.28. The second-order valence-electron chi connectivity index (χ2n) is 3.29. The fourth-order valence-electron chi connectivity index (χ4n) is 1.14. The molecule has 15 heavy (non-hydrogen) atoms. The quantitative estimate of drug-likeness (QED) is 0.761. The van der Waals surface area contributed by atoms with Crippen molar-refractivity contribution in [2.45, 2.75) is 12.3 Å². The van der Waals surface area contributed by atoms with E-state index in [0.717, 1.165) is 0 Å². The number of thiocarbonyl (C=S) groups is 1. The molecule has 0 aromatic heterocycles. The number of nitriles is 2. The van der Waals surface area contributed by atoms with Crippen LogP contribution in [0.2, 0.25) is 0 Å². The Morgan fingerprint density at radius 1 is 1.33 bits per heavy atom. The molecule has 0 heterocycles. The Kier molecular flexibility index (Phi) is 3.04. The summed E-state index contributed by atoms with van der Waals surface area (Å²) >= 11 is 4.86. The third-order valence-corrected chi connectivity index (χ3v) is 2.72. The van der Waals surface area contributed by atoms with Gasteiger partial charge in [-0.3, -0.25) is 0 Å². The van der Waals surface area contributed by atoms with E-state index < -0.39 is 5.41 Å². The highest BCUT2D eigenvalue weighted by Gasteiger charge is 2.29. The maximum atomic E-state index is 9.05. The van der Waals surface area contributed by atoms with Crippen LogP contribution in [-0.2, 0) is 5.41 Å². The highest BCUT2D eigenvalue weighted by atomic mass is 32.1. The Labute approximate surface area is 93.7 Å². The SMILES string of the molecule is CC(C#N)(C(N)=S)c1ccc(C#N)cc1. The summed E-state index contributed by atoms with van der Waals surface area (Å²) in [6.07, 6.45) is 0. The van der Waals surface area contributed by atoms with Crippen LogP contribution < -0.4 is 5.73 Å². The molecule has 1 atom stereocenters. The summed E-state index contributed by atoms with van der Waals surface area (Å²) in [6, 6.07) is 10.8. The van der Waals surface area contributed by atoms with Gasteiger partial charge in [0.15, 0.2) is 0 Å².